The Morgan fingerprint density at radius 3 is 1.50 bits per heavy atom. The van der Waals surface area contributed by atoms with Crippen LogP contribution in [0.25, 0.3) is 0 Å². The molecule has 0 rings (SSSR count). The smallest absolute Gasteiger partial charge is 0.0363 e. The van der Waals surface area contributed by atoms with Crippen LogP contribution in [0.4, 0.5) is 0 Å². The molecule has 0 spiro atoms. The molecule has 0 saturated heterocycles. The minimum atomic E-state index is 1.03. The maximum atomic E-state index is 4.04. The molecule has 0 nitrogen and oxygen atoms in total. The summed E-state index contributed by atoms with van der Waals surface area (Å²) in [7, 11) is 2.06. The molecular formula is C2H6S2Si2. The van der Waals surface area contributed by atoms with Gasteiger partial charge in [-0.2, -0.15) is 25.3 Å². The Bertz CT molecular complexity index is 21.5. The summed E-state index contributed by atoms with van der Waals surface area (Å²) in [5, 5.41) is 2.08. The zero-order chi connectivity index (χ0) is 4.83. The molecule has 0 heterocycles. The molecule has 0 aliphatic carbocycles. The lowest BCUT2D eigenvalue weighted by Gasteiger charge is -1.81. The highest BCUT2D eigenvalue weighted by Gasteiger charge is 1.80. The van der Waals surface area contributed by atoms with Crippen LogP contribution in [0.3, 0.4) is 0 Å². The van der Waals surface area contributed by atoms with E-state index in [0.717, 1.165) is 28.8 Å². The minimum Gasteiger partial charge on any atom is -0.183 e. The van der Waals surface area contributed by atoms with E-state index in [0.29, 0.717) is 0 Å². The summed E-state index contributed by atoms with van der Waals surface area (Å²) in [6.07, 6.45) is 0. The molecule has 6 heavy (non-hydrogen) atoms. The lowest BCUT2D eigenvalue weighted by molar-refractivity contribution is 2.18. The van der Waals surface area contributed by atoms with Crippen molar-refractivity contribution >= 4 is 43.3 Å². The van der Waals surface area contributed by atoms with Crippen molar-refractivity contribution in [3.63, 3.8) is 0 Å². The molecule has 0 aromatic heterocycles. The fourth-order valence-electron chi connectivity index (χ4n) is 0.112. The van der Waals surface area contributed by atoms with E-state index in [1.54, 1.807) is 0 Å². The molecule has 0 fully saturated rings. The largest absolute Gasteiger partial charge is 0.183 e. The van der Waals surface area contributed by atoms with Gasteiger partial charge in [-0.1, -0.05) is 0 Å². The number of rotatable bonds is 3. The molecule has 0 amide bonds. The molecule has 4 heteroatoms. The van der Waals surface area contributed by atoms with Gasteiger partial charge < -0.3 is 0 Å². The summed E-state index contributed by atoms with van der Waals surface area (Å²) >= 11 is 8.08. The third-order valence-electron chi connectivity index (χ3n) is 0.283. The second-order valence-corrected chi connectivity index (χ2v) is 6.03. The second kappa shape index (κ2) is 6.13. The van der Waals surface area contributed by atoms with E-state index in [1.807, 2.05) is 0 Å². The lowest BCUT2D eigenvalue weighted by atomic mass is 11.9. The van der Waals surface area contributed by atoms with E-state index in [4.69, 9.17) is 0 Å². The van der Waals surface area contributed by atoms with E-state index in [1.165, 1.54) is 0 Å². The third kappa shape index (κ3) is 5.13. The highest BCUT2D eigenvalue weighted by Crippen LogP contribution is 1.69. The Labute approximate surface area is 54.4 Å². The molecule has 0 N–H and O–H groups in total. The summed E-state index contributed by atoms with van der Waals surface area (Å²) in [6, 6.07) is 0. The average Bonchev–Trinajstić information content (AvgIpc) is 1.61. The Balaban J connectivity index is 2.34. The lowest BCUT2D eigenvalue weighted by Crippen LogP contribution is -2.05. The Hall–Kier alpha value is 1.13. The Kier molecular flexibility index (Phi) is 7.29. The van der Waals surface area contributed by atoms with Gasteiger partial charge in [-0.25, -0.2) is 0 Å². The maximum absolute atomic E-state index is 4.04. The molecule has 0 aliphatic heterocycles. The van der Waals surface area contributed by atoms with Crippen LogP contribution >= 0.6 is 25.3 Å². The maximum Gasteiger partial charge on any atom is 0.0363 e. The first-order chi connectivity index (χ1) is 2.91. The van der Waals surface area contributed by atoms with Crippen molar-refractivity contribution in [2.24, 2.45) is 0 Å². The summed E-state index contributed by atoms with van der Waals surface area (Å²) in [6.45, 7) is 0. The highest BCUT2D eigenvalue weighted by atomic mass is 32.1. The summed E-state index contributed by atoms with van der Waals surface area (Å²) in [4.78, 5) is 0. The molecular weight excluding hydrogens is 144 g/mol. The van der Waals surface area contributed by atoms with Gasteiger partial charge >= 0.3 is 0 Å². The normalized spacial score (nSPS) is 9.00. The van der Waals surface area contributed by atoms with Gasteiger partial charge in [-0.05, 0) is 10.8 Å². The SMILES string of the molecule is SC[Si][Si]CS. The van der Waals surface area contributed by atoms with E-state index >= 15 is 0 Å². The van der Waals surface area contributed by atoms with Gasteiger partial charge in [-0.15, -0.1) is 0 Å². The monoisotopic (exact) mass is 150 g/mol. The molecule has 0 bridgehead atoms. The van der Waals surface area contributed by atoms with Crippen molar-refractivity contribution in [2.75, 3.05) is 10.8 Å². The first-order valence-electron chi connectivity index (χ1n) is 1.59. The first kappa shape index (κ1) is 7.13. The molecule has 0 saturated carbocycles. The molecule has 0 aromatic rings. The van der Waals surface area contributed by atoms with Gasteiger partial charge in [0.15, 0.2) is 0 Å². The molecule has 0 unspecified atom stereocenters. The minimum absolute atomic E-state index is 1.03. The van der Waals surface area contributed by atoms with Gasteiger partial charge in [0.1, 0.15) is 0 Å². The van der Waals surface area contributed by atoms with Crippen LogP contribution in [0, 0.1) is 0 Å². The molecule has 4 radical (unpaired) electrons. The van der Waals surface area contributed by atoms with Crippen molar-refractivity contribution < 1.29 is 0 Å². The summed E-state index contributed by atoms with van der Waals surface area (Å²) in [5.74, 6) is 0. The Morgan fingerprint density at radius 2 is 1.33 bits per heavy atom. The van der Waals surface area contributed by atoms with Crippen LogP contribution in [0.1, 0.15) is 0 Å². The van der Waals surface area contributed by atoms with Crippen molar-refractivity contribution in [1.82, 2.24) is 0 Å². The zero-order valence-corrected chi connectivity index (χ0v) is 7.10. The van der Waals surface area contributed by atoms with Gasteiger partial charge in [0, 0.05) is 18.1 Å². The predicted molar refractivity (Wildman–Crippen MR) is 39.2 cm³/mol. The molecule has 34 valence electrons. The van der Waals surface area contributed by atoms with E-state index in [9.17, 15) is 0 Å². The van der Waals surface area contributed by atoms with Crippen LogP contribution in [-0.2, 0) is 0 Å². The quantitative estimate of drug-likeness (QED) is 0.318. The fourth-order valence-corrected chi connectivity index (χ4v) is 3.02. The second-order valence-electron chi connectivity index (χ2n) is 0.670. The van der Waals surface area contributed by atoms with Crippen molar-refractivity contribution in [2.45, 2.75) is 0 Å². The zero-order valence-electron chi connectivity index (χ0n) is 3.31. The van der Waals surface area contributed by atoms with Crippen molar-refractivity contribution in [1.29, 1.82) is 0 Å². The fraction of sp³-hybridized carbons (Fsp3) is 1.00. The van der Waals surface area contributed by atoms with Crippen molar-refractivity contribution in [3.05, 3.63) is 0 Å². The van der Waals surface area contributed by atoms with Gasteiger partial charge in [0.2, 0.25) is 0 Å². The van der Waals surface area contributed by atoms with E-state index in [-0.39, 0.29) is 0 Å². The molecule has 0 aromatic carbocycles. The Morgan fingerprint density at radius 1 is 1.00 bits per heavy atom. The third-order valence-corrected chi connectivity index (χ3v) is 5.39. The van der Waals surface area contributed by atoms with Crippen LogP contribution in [0.2, 0.25) is 0 Å². The van der Waals surface area contributed by atoms with Crippen LogP contribution < -0.4 is 0 Å². The summed E-state index contributed by atoms with van der Waals surface area (Å²) < 4.78 is 0. The van der Waals surface area contributed by atoms with Gasteiger partial charge in [0.05, 0.1) is 0 Å². The van der Waals surface area contributed by atoms with E-state index in [2.05, 4.69) is 25.3 Å². The first-order valence-corrected chi connectivity index (χ1v) is 6.27. The van der Waals surface area contributed by atoms with Crippen molar-refractivity contribution in [3.8, 4) is 0 Å². The van der Waals surface area contributed by atoms with Gasteiger partial charge in [0.25, 0.3) is 0 Å². The molecule has 0 aliphatic rings. The van der Waals surface area contributed by atoms with Gasteiger partial charge in [-0.3, -0.25) is 0 Å². The number of hydrogen-bond donors (Lipinski definition) is 2. The predicted octanol–water partition coefficient (Wildman–Crippen LogP) is 0.0844. The average molecular weight is 150 g/mol. The molecule has 0 atom stereocenters. The number of thiol groups is 2. The topological polar surface area (TPSA) is 0 Å². The summed E-state index contributed by atoms with van der Waals surface area (Å²) in [5.41, 5.74) is 0. The van der Waals surface area contributed by atoms with Crippen LogP contribution in [0.15, 0.2) is 0 Å². The standard InChI is InChI=1S/C2H6S2Si2/c3-1-5-6-2-4/h3-4H,1-2H2. The highest BCUT2D eigenvalue weighted by molar-refractivity contribution is 7.83. The van der Waals surface area contributed by atoms with Crippen LogP contribution in [-0.4, -0.2) is 28.8 Å². The van der Waals surface area contributed by atoms with E-state index < -0.39 is 0 Å². The number of hydrogen-bond acceptors (Lipinski definition) is 2. The van der Waals surface area contributed by atoms with Crippen LogP contribution in [0.5, 0.6) is 0 Å².